The van der Waals surface area contributed by atoms with Crippen LogP contribution in [-0.2, 0) is 0 Å². The Morgan fingerprint density at radius 2 is 1.59 bits per heavy atom. The minimum absolute atomic E-state index is 0.148. The lowest BCUT2D eigenvalue weighted by molar-refractivity contribution is -0.0119. The van der Waals surface area contributed by atoms with E-state index >= 15 is 0 Å². The molecule has 104 valence electrons. The predicted octanol–water partition coefficient (Wildman–Crippen LogP) is 3.61. The first kappa shape index (κ1) is 16.9. The Morgan fingerprint density at radius 3 is 2.00 bits per heavy atom. The van der Waals surface area contributed by atoms with Crippen LogP contribution < -0.4 is 0 Å². The van der Waals surface area contributed by atoms with Gasteiger partial charge in [0.1, 0.15) is 0 Å². The zero-order valence-corrected chi connectivity index (χ0v) is 12.6. The fourth-order valence-corrected chi connectivity index (χ4v) is 2.25. The van der Waals surface area contributed by atoms with Gasteiger partial charge in [0.25, 0.3) is 0 Å². The van der Waals surface area contributed by atoms with Gasteiger partial charge in [-0.15, -0.1) is 0 Å². The number of rotatable bonds is 8. The van der Waals surface area contributed by atoms with Crippen molar-refractivity contribution in [1.82, 2.24) is 0 Å². The van der Waals surface area contributed by atoms with Crippen LogP contribution >= 0.6 is 0 Å². The van der Waals surface area contributed by atoms with Crippen molar-refractivity contribution < 1.29 is 10.2 Å². The fourth-order valence-electron chi connectivity index (χ4n) is 2.25. The third-order valence-corrected chi connectivity index (χ3v) is 4.43. The molecule has 0 fully saturated rings. The summed E-state index contributed by atoms with van der Waals surface area (Å²) in [6.45, 7) is 13.2. The van der Waals surface area contributed by atoms with Crippen LogP contribution in [0.4, 0.5) is 0 Å². The van der Waals surface area contributed by atoms with Crippen LogP contribution in [0.25, 0.3) is 0 Å². The first-order chi connectivity index (χ1) is 7.67. The Balaban J connectivity index is 4.49. The third-order valence-electron chi connectivity index (χ3n) is 4.43. The van der Waals surface area contributed by atoms with Crippen LogP contribution in [0.3, 0.4) is 0 Å². The third kappa shape index (κ3) is 5.39. The molecule has 0 aliphatic rings. The molecule has 0 aromatic carbocycles. The van der Waals surface area contributed by atoms with E-state index in [1.165, 1.54) is 12.8 Å². The van der Waals surface area contributed by atoms with Gasteiger partial charge in [0.15, 0.2) is 0 Å². The molecule has 0 bridgehead atoms. The van der Waals surface area contributed by atoms with Crippen LogP contribution in [0.2, 0.25) is 0 Å². The normalized spacial score (nSPS) is 16.9. The SMILES string of the molecule is CCCC(C)C(C)(C)CC(O)C(C)(C)CCO. The molecule has 0 aliphatic heterocycles. The lowest BCUT2D eigenvalue weighted by Crippen LogP contribution is -2.36. The lowest BCUT2D eigenvalue weighted by atomic mass is 9.69. The molecule has 2 unspecified atom stereocenters. The molecule has 0 aliphatic carbocycles. The van der Waals surface area contributed by atoms with E-state index in [-0.39, 0.29) is 23.5 Å². The van der Waals surface area contributed by atoms with Gasteiger partial charge in [-0.05, 0) is 29.6 Å². The van der Waals surface area contributed by atoms with Gasteiger partial charge in [-0.2, -0.15) is 0 Å². The van der Waals surface area contributed by atoms with Crippen molar-refractivity contribution in [3.8, 4) is 0 Å². The molecule has 17 heavy (non-hydrogen) atoms. The van der Waals surface area contributed by atoms with Crippen molar-refractivity contribution in [3.63, 3.8) is 0 Å². The van der Waals surface area contributed by atoms with Crippen LogP contribution in [0.15, 0.2) is 0 Å². The number of hydrogen-bond donors (Lipinski definition) is 2. The smallest absolute Gasteiger partial charge is 0.0597 e. The molecule has 0 rings (SSSR count). The minimum Gasteiger partial charge on any atom is -0.396 e. The van der Waals surface area contributed by atoms with E-state index in [0.717, 1.165) is 6.42 Å². The van der Waals surface area contributed by atoms with Gasteiger partial charge in [-0.25, -0.2) is 0 Å². The standard InChI is InChI=1S/C15H32O2/c1-7-8-12(2)15(5,6)11-13(17)14(3,4)9-10-16/h12-13,16-17H,7-11H2,1-6H3. The van der Waals surface area contributed by atoms with E-state index in [1.807, 2.05) is 13.8 Å². The fraction of sp³-hybridized carbons (Fsp3) is 1.00. The number of aliphatic hydroxyl groups excluding tert-OH is 2. The van der Waals surface area contributed by atoms with Crippen molar-refractivity contribution in [2.24, 2.45) is 16.7 Å². The average molecular weight is 244 g/mol. The molecular weight excluding hydrogens is 212 g/mol. The van der Waals surface area contributed by atoms with Gasteiger partial charge in [-0.3, -0.25) is 0 Å². The summed E-state index contributed by atoms with van der Waals surface area (Å²) >= 11 is 0. The second-order valence-electron chi connectivity index (χ2n) is 6.86. The Morgan fingerprint density at radius 1 is 1.06 bits per heavy atom. The highest BCUT2D eigenvalue weighted by molar-refractivity contribution is 4.85. The molecule has 0 radical (unpaired) electrons. The van der Waals surface area contributed by atoms with Gasteiger partial charge in [0, 0.05) is 6.61 Å². The van der Waals surface area contributed by atoms with Gasteiger partial charge in [0.05, 0.1) is 6.10 Å². The monoisotopic (exact) mass is 244 g/mol. The van der Waals surface area contributed by atoms with Gasteiger partial charge in [-0.1, -0.05) is 54.4 Å². The second kappa shape index (κ2) is 6.75. The molecule has 0 amide bonds. The van der Waals surface area contributed by atoms with E-state index in [9.17, 15) is 5.11 Å². The van der Waals surface area contributed by atoms with Crippen LogP contribution in [0, 0.1) is 16.7 Å². The highest BCUT2D eigenvalue weighted by atomic mass is 16.3. The summed E-state index contributed by atoms with van der Waals surface area (Å²) in [7, 11) is 0. The summed E-state index contributed by atoms with van der Waals surface area (Å²) in [4.78, 5) is 0. The molecule has 2 atom stereocenters. The molecule has 0 spiro atoms. The molecule has 2 nitrogen and oxygen atoms in total. The van der Waals surface area contributed by atoms with Crippen molar-refractivity contribution in [1.29, 1.82) is 0 Å². The zero-order valence-electron chi connectivity index (χ0n) is 12.6. The zero-order chi connectivity index (χ0) is 13.7. The average Bonchev–Trinajstić information content (AvgIpc) is 2.17. The maximum absolute atomic E-state index is 10.3. The van der Waals surface area contributed by atoms with E-state index in [1.54, 1.807) is 0 Å². The van der Waals surface area contributed by atoms with Crippen LogP contribution in [0.5, 0.6) is 0 Å². The molecule has 0 aromatic rings. The lowest BCUT2D eigenvalue weighted by Gasteiger charge is -2.39. The Bertz CT molecular complexity index is 209. The van der Waals surface area contributed by atoms with Crippen molar-refractivity contribution in [2.75, 3.05) is 6.61 Å². The molecule has 0 heterocycles. The molecule has 2 N–H and O–H groups in total. The number of aliphatic hydroxyl groups is 2. The summed E-state index contributed by atoms with van der Waals surface area (Å²) in [6, 6.07) is 0. The maximum atomic E-state index is 10.3. The minimum atomic E-state index is -0.344. The van der Waals surface area contributed by atoms with Gasteiger partial charge < -0.3 is 10.2 Å². The second-order valence-corrected chi connectivity index (χ2v) is 6.86. The van der Waals surface area contributed by atoms with Crippen LogP contribution in [-0.4, -0.2) is 22.9 Å². The van der Waals surface area contributed by atoms with Gasteiger partial charge >= 0.3 is 0 Å². The van der Waals surface area contributed by atoms with Crippen molar-refractivity contribution in [2.45, 2.75) is 73.3 Å². The van der Waals surface area contributed by atoms with Gasteiger partial charge in [0.2, 0.25) is 0 Å². The highest BCUT2D eigenvalue weighted by Crippen LogP contribution is 2.39. The summed E-state index contributed by atoms with van der Waals surface area (Å²) < 4.78 is 0. The molecule has 0 aromatic heterocycles. The van der Waals surface area contributed by atoms with E-state index in [2.05, 4.69) is 27.7 Å². The summed E-state index contributed by atoms with van der Waals surface area (Å²) in [5.41, 5.74) is -0.0416. The molecule has 0 saturated heterocycles. The van der Waals surface area contributed by atoms with Crippen molar-refractivity contribution in [3.05, 3.63) is 0 Å². The van der Waals surface area contributed by atoms with E-state index in [4.69, 9.17) is 5.11 Å². The number of hydrogen-bond acceptors (Lipinski definition) is 2. The first-order valence-electron chi connectivity index (χ1n) is 6.96. The molecule has 0 saturated carbocycles. The van der Waals surface area contributed by atoms with Crippen LogP contribution in [0.1, 0.15) is 67.2 Å². The Labute approximate surface area is 107 Å². The predicted molar refractivity (Wildman–Crippen MR) is 74.0 cm³/mol. The molecule has 2 heteroatoms. The topological polar surface area (TPSA) is 40.5 Å². The summed E-state index contributed by atoms with van der Waals surface area (Å²) in [5.74, 6) is 0.618. The summed E-state index contributed by atoms with van der Waals surface area (Å²) in [6.07, 6.45) is 3.53. The highest BCUT2D eigenvalue weighted by Gasteiger charge is 2.34. The van der Waals surface area contributed by atoms with E-state index < -0.39 is 0 Å². The molecular formula is C15H32O2. The maximum Gasteiger partial charge on any atom is 0.0597 e. The largest absolute Gasteiger partial charge is 0.396 e. The van der Waals surface area contributed by atoms with E-state index in [0.29, 0.717) is 12.3 Å². The van der Waals surface area contributed by atoms with Crippen molar-refractivity contribution >= 4 is 0 Å². The summed E-state index contributed by atoms with van der Waals surface area (Å²) in [5, 5.41) is 19.4. The Hall–Kier alpha value is -0.0800. The quantitative estimate of drug-likeness (QED) is 0.685. The Kier molecular flexibility index (Phi) is 6.71. The first-order valence-corrected chi connectivity index (χ1v) is 6.96.